The molecule has 2 aliphatic rings. The van der Waals surface area contributed by atoms with Crippen LogP contribution in [0, 0.1) is 0 Å². The molecule has 1 aromatic rings. The molecule has 0 saturated carbocycles. The summed E-state index contributed by atoms with van der Waals surface area (Å²) in [6.45, 7) is 3.30. The summed E-state index contributed by atoms with van der Waals surface area (Å²) < 4.78 is 6.97. The van der Waals surface area contributed by atoms with Gasteiger partial charge in [0.15, 0.2) is 18.2 Å². The standard InChI is InChI=1S/C18H27N5O6/c1-3-5-11(25)21-17-13-16(20-9-22(17)12(26)6-4-2)23(8-19-13)18-15(28)14(27)10(7-24)29-18/h8-10,14-15,17-18,24,27-28H,3-7H2,1-2H3,(H,21,25)/t10-,14?,15?,17?,18-/m1/s1. The molecule has 5 atom stereocenters. The number of amides is 2. The second kappa shape index (κ2) is 8.99. The Labute approximate surface area is 168 Å². The van der Waals surface area contributed by atoms with Crippen molar-refractivity contribution in [2.45, 2.75) is 70.2 Å². The van der Waals surface area contributed by atoms with Crippen LogP contribution in [0.2, 0.25) is 0 Å². The Hall–Kier alpha value is -2.34. The summed E-state index contributed by atoms with van der Waals surface area (Å²) in [6, 6.07) is 0. The van der Waals surface area contributed by atoms with E-state index in [4.69, 9.17) is 4.74 Å². The maximum Gasteiger partial charge on any atom is 0.229 e. The van der Waals surface area contributed by atoms with Gasteiger partial charge in [0.2, 0.25) is 11.8 Å². The zero-order valence-corrected chi connectivity index (χ0v) is 16.4. The summed E-state index contributed by atoms with van der Waals surface area (Å²) in [7, 11) is 0. The number of carbonyl (C=O) groups is 2. The van der Waals surface area contributed by atoms with Gasteiger partial charge in [0.1, 0.15) is 30.3 Å². The quantitative estimate of drug-likeness (QED) is 0.483. The molecule has 11 nitrogen and oxygen atoms in total. The van der Waals surface area contributed by atoms with E-state index in [0.717, 1.165) is 0 Å². The normalized spacial score (nSPS) is 28.4. The number of imidazole rings is 1. The molecule has 0 bridgehead atoms. The first-order valence-corrected chi connectivity index (χ1v) is 9.76. The van der Waals surface area contributed by atoms with Gasteiger partial charge >= 0.3 is 0 Å². The molecule has 4 N–H and O–H groups in total. The first-order chi connectivity index (χ1) is 13.9. The lowest BCUT2D eigenvalue weighted by molar-refractivity contribution is -0.131. The summed E-state index contributed by atoms with van der Waals surface area (Å²) >= 11 is 0. The molecule has 1 saturated heterocycles. The molecule has 0 radical (unpaired) electrons. The molecule has 2 aliphatic heterocycles. The molecule has 0 aliphatic carbocycles. The van der Waals surface area contributed by atoms with Crippen molar-refractivity contribution in [1.82, 2.24) is 19.8 Å². The first-order valence-electron chi connectivity index (χ1n) is 9.76. The Morgan fingerprint density at radius 3 is 2.55 bits per heavy atom. The smallest absolute Gasteiger partial charge is 0.229 e. The van der Waals surface area contributed by atoms with Crippen LogP contribution in [-0.2, 0) is 14.3 Å². The molecule has 3 heterocycles. The molecule has 29 heavy (non-hydrogen) atoms. The molecular formula is C18H27N5O6. The lowest BCUT2D eigenvalue weighted by Crippen LogP contribution is -2.45. The fourth-order valence-electron chi connectivity index (χ4n) is 3.45. The van der Waals surface area contributed by atoms with Crippen LogP contribution in [0.3, 0.4) is 0 Å². The van der Waals surface area contributed by atoms with E-state index in [0.29, 0.717) is 30.8 Å². The number of aliphatic hydroxyl groups excluding tert-OH is 3. The van der Waals surface area contributed by atoms with Gasteiger partial charge in [-0.2, -0.15) is 0 Å². The third-order valence-corrected chi connectivity index (χ3v) is 4.95. The van der Waals surface area contributed by atoms with Crippen LogP contribution >= 0.6 is 0 Å². The predicted octanol–water partition coefficient (Wildman–Crippen LogP) is -0.288. The van der Waals surface area contributed by atoms with Crippen molar-refractivity contribution >= 4 is 24.0 Å². The number of rotatable bonds is 7. The van der Waals surface area contributed by atoms with Crippen LogP contribution in [0.5, 0.6) is 0 Å². The monoisotopic (exact) mass is 409 g/mol. The van der Waals surface area contributed by atoms with Crippen LogP contribution in [0.25, 0.3) is 0 Å². The summed E-state index contributed by atoms with van der Waals surface area (Å²) in [5, 5.41) is 32.4. The van der Waals surface area contributed by atoms with Crippen LogP contribution in [0.4, 0.5) is 5.82 Å². The van der Waals surface area contributed by atoms with Gasteiger partial charge in [-0.25, -0.2) is 9.98 Å². The summed E-state index contributed by atoms with van der Waals surface area (Å²) in [4.78, 5) is 34.7. The average molecular weight is 409 g/mol. The second-order valence-corrected chi connectivity index (χ2v) is 7.11. The minimum absolute atomic E-state index is 0.203. The topological polar surface area (TPSA) is 150 Å². The average Bonchev–Trinajstić information content (AvgIpc) is 3.24. The third kappa shape index (κ3) is 4.04. The van der Waals surface area contributed by atoms with Gasteiger partial charge in [-0.05, 0) is 12.8 Å². The minimum atomic E-state index is -1.30. The van der Waals surface area contributed by atoms with Crippen LogP contribution in [0.15, 0.2) is 11.3 Å². The van der Waals surface area contributed by atoms with Crippen molar-refractivity contribution in [1.29, 1.82) is 0 Å². The number of ether oxygens (including phenoxy) is 1. The lowest BCUT2D eigenvalue weighted by atomic mass is 10.1. The molecule has 160 valence electrons. The number of aliphatic hydroxyl groups is 3. The van der Waals surface area contributed by atoms with Gasteiger partial charge < -0.3 is 25.4 Å². The molecule has 3 unspecified atom stereocenters. The molecule has 3 rings (SSSR count). The van der Waals surface area contributed by atoms with E-state index in [1.807, 2.05) is 13.8 Å². The third-order valence-electron chi connectivity index (χ3n) is 4.95. The van der Waals surface area contributed by atoms with E-state index < -0.39 is 37.3 Å². The molecule has 0 aromatic carbocycles. The van der Waals surface area contributed by atoms with Gasteiger partial charge in [0, 0.05) is 12.8 Å². The number of aliphatic imine (C=N–C) groups is 1. The Kier molecular flexibility index (Phi) is 6.63. The van der Waals surface area contributed by atoms with Crippen LogP contribution in [0.1, 0.15) is 57.6 Å². The highest BCUT2D eigenvalue weighted by atomic mass is 16.6. The number of carbonyl (C=O) groups excluding carboxylic acids is 2. The highest BCUT2D eigenvalue weighted by molar-refractivity contribution is 5.91. The van der Waals surface area contributed by atoms with Crippen molar-refractivity contribution in [2.75, 3.05) is 6.61 Å². The maximum atomic E-state index is 12.5. The molecule has 1 fully saturated rings. The summed E-state index contributed by atoms with van der Waals surface area (Å²) in [5.74, 6) is -0.135. The number of hydrogen-bond donors (Lipinski definition) is 4. The van der Waals surface area contributed by atoms with Crippen LogP contribution in [-0.4, -0.2) is 72.8 Å². The van der Waals surface area contributed by atoms with Crippen molar-refractivity contribution in [2.24, 2.45) is 4.99 Å². The van der Waals surface area contributed by atoms with Gasteiger partial charge in [-0.3, -0.25) is 19.1 Å². The zero-order valence-electron chi connectivity index (χ0n) is 16.4. The van der Waals surface area contributed by atoms with Crippen LogP contribution < -0.4 is 5.32 Å². The number of aromatic nitrogens is 2. The Morgan fingerprint density at radius 1 is 1.21 bits per heavy atom. The van der Waals surface area contributed by atoms with Gasteiger partial charge in [-0.15, -0.1) is 0 Å². The van der Waals surface area contributed by atoms with E-state index in [1.54, 1.807) is 0 Å². The molecule has 11 heteroatoms. The second-order valence-electron chi connectivity index (χ2n) is 7.11. The van der Waals surface area contributed by atoms with Gasteiger partial charge in [0.05, 0.1) is 12.9 Å². The number of nitrogens with one attached hydrogen (secondary N) is 1. The van der Waals surface area contributed by atoms with Crippen molar-refractivity contribution in [3.63, 3.8) is 0 Å². The SMILES string of the molecule is CCCC(=O)NC1c2ncn([C@@H]3O[C@H](CO)C(O)C3O)c2N=CN1C(=O)CCC. The number of hydrogen-bond acceptors (Lipinski definition) is 8. The van der Waals surface area contributed by atoms with E-state index in [2.05, 4.69) is 15.3 Å². The van der Waals surface area contributed by atoms with Crippen molar-refractivity contribution < 1.29 is 29.6 Å². The van der Waals surface area contributed by atoms with E-state index in [-0.39, 0.29) is 18.2 Å². The van der Waals surface area contributed by atoms with E-state index in [1.165, 1.54) is 22.1 Å². The molecule has 0 spiro atoms. The van der Waals surface area contributed by atoms with Crippen molar-refractivity contribution in [3.8, 4) is 0 Å². The Balaban J connectivity index is 1.93. The summed E-state index contributed by atoms with van der Waals surface area (Å²) in [5.41, 5.74) is 0.333. The fraction of sp³-hybridized carbons (Fsp3) is 0.667. The minimum Gasteiger partial charge on any atom is -0.394 e. The van der Waals surface area contributed by atoms with E-state index >= 15 is 0 Å². The fourth-order valence-corrected chi connectivity index (χ4v) is 3.45. The zero-order chi connectivity index (χ0) is 21.1. The largest absolute Gasteiger partial charge is 0.394 e. The predicted molar refractivity (Wildman–Crippen MR) is 101 cm³/mol. The summed E-state index contributed by atoms with van der Waals surface area (Å²) in [6.07, 6.45) is -0.770. The Morgan fingerprint density at radius 2 is 1.93 bits per heavy atom. The molecule has 1 aromatic heterocycles. The first kappa shape index (κ1) is 21.4. The van der Waals surface area contributed by atoms with Gasteiger partial charge in [-0.1, -0.05) is 13.8 Å². The molecular weight excluding hydrogens is 382 g/mol. The number of fused-ring (bicyclic) bond motifs is 1. The van der Waals surface area contributed by atoms with Gasteiger partial charge in [0.25, 0.3) is 0 Å². The van der Waals surface area contributed by atoms with E-state index in [9.17, 15) is 24.9 Å². The Bertz CT molecular complexity index is 781. The van der Waals surface area contributed by atoms with Crippen molar-refractivity contribution in [3.05, 3.63) is 12.0 Å². The highest BCUT2D eigenvalue weighted by Crippen LogP contribution is 2.37. The molecule has 2 amide bonds. The number of nitrogens with zero attached hydrogens (tertiary/aromatic N) is 4. The lowest BCUT2D eigenvalue weighted by Gasteiger charge is -2.31. The highest BCUT2D eigenvalue weighted by Gasteiger charge is 2.45. The maximum absolute atomic E-state index is 12.5.